The first kappa shape index (κ1) is 14.6. The molecule has 1 heterocycles. The van der Waals surface area contributed by atoms with Crippen LogP contribution in [0.5, 0.6) is 0 Å². The summed E-state index contributed by atoms with van der Waals surface area (Å²) in [7, 11) is 1.79. The Kier molecular flexibility index (Phi) is 4.81. The average Bonchev–Trinajstić information content (AvgIpc) is 2.53. The van der Waals surface area contributed by atoms with Crippen molar-refractivity contribution in [3.63, 3.8) is 0 Å². The molecule has 3 amide bonds. The van der Waals surface area contributed by atoms with Gasteiger partial charge in [-0.05, 0) is 27.2 Å². The molecule has 0 unspecified atom stereocenters. The van der Waals surface area contributed by atoms with E-state index >= 15 is 0 Å². The number of hydrogen-bond acceptors (Lipinski definition) is 3. The zero-order valence-corrected chi connectivity index (χ0v) is 11.7. The normalized spacial score (nSPS) is 16.1. The van der Waals surface area contributed by atoms with Gasteiger partial charge >= 0.3 is 12.1 Å². The van der Waals surface area contributed by atoms with Crippen LogP contribution in [0.3, 0.4) is 0 Å². The summed E-state index contributed by atoms with van der Waals surface area (Å²) in [6.45, 7) is 8.20. The van der Waals surface area contributed by atoms with E-state index < -0.39 is 11.7 Å². The van der Waals surface area contributed by atoms with E-state index in [1.807, 2.05) is 20.8 Å². The fourth-order valence-electron chi connectivity index (χ4n) is 1.69. The number of urea groups is 1. The Hall–Kier alpha value is -1.46. The zero-order valence-electron chi connectivity index (χ0n) is 11.7. The van der Waals surface area contributed by atoms with Gasteiger partial charge in [0, 0.05) is 33.2 Å². The van der Waals surface area contributed by atoms with Crippen molar-refractivity contribution in [1.82, 2.24) is 15.1 Å². The van der Waals surface area contributed by atoms with E-state index in [0.717, 1.165) is 19.5 Å². The summed E-state index contributed by atoms with van der Waals surface area (Å²) in [5.74, 6) is 0. The maximum atomic E-state index is 11.6. The Morgan fingerprint density at radius 2 is 2.06 bits per heavy atom. The van der Waals surface area contributed by atoms with Crippen LogP contribution in [0.1, 0.15) is 27.2 Å². The lowest BCUT2D eigenvalue weighted by Crippen LogP contribution is -2.35. The van der Waals surface area contributed by atoms with E-state index in [9.17, 15) is 9.59 Å². The summed E-state index contributed by atoms with van der Waals surface area (Å²) in [6, 6.07) is 0.0623. The van der Waals surface area contributed by atoms with Gasteiger partial charge in [0.15, 0.2) is 0 Å². The lowest BCUT2D eigenvalue weighted by molar-refractivity contribution is 0.0526. The molecule has 0 aromatic heterocycles. The minimum absolute atomic E-state index is 0.0623. The summed E-state index contributed by atoms with van der Waals surface area (Å²) in [6.07, 6.45) is 0.325. The van der Waals surface area contributed by atoms with Gasteiger partial charge in [-0.15, -0.1) is 0 Å². The molecule has 1 saturated heterocycles. The third-order valence-corrected chi connectivity index (χ3v) is 2.58. The maximum absolute atomic E-state index is 11.6. The van der Waals surface area contributed by atoms with Gasteiger partial charge in [-0.2, -0.15) is 0 Å². The molecule has 1 N–H and O–H groups in total. The van der Waals surface area contributed by atoms with Crippen LogP contribution in [0, 0.1) is 0 Å². The molecule has 0 bridgehead atoms. The average molecular weight is 257 g/mol. The molecule has 1 aliphatic heterocycles. The molecule has 0 atom stereocenters. The van der Waals surface area contributed by atoms with Gasteiger partial charge in [0.1, 0.15) is 5.60 Å². The van der Waals surface area contributed by atoms with Crippen LogP contribution in [0.2, 0.25) is 0 Å². The third kappa shape index (κ3) is 4.81. The maximum Gasteiger partial charge on any atom is 0.407 e. The number of carbonyl (C=O) groups excluding carboxylic acids is 2. The van der Waals surface area contributed by atoms with Crippen molar-refractivity contribution >= 4 is 12.1 Å². The van der Waals surface area contributed by atoms with Crippen LogP contribution < -0.4 is 5.32 Å². The number of hydrogen-bond donors (Lipinski definition) is 1. The van der Waals surface area contributed by atoms with Crippen molar-refractivity contribution in [1.29, 1.82) is 0 Å². The standard InChI is InChI=1S/C12H23N3O3/c1-12(2,3)18-10(16)13-6-5-7-15-9-8-14(4)11(15)17/h5-9H2,1-4H3,(H,13,16). The Bertz CT molecular complexity index is 312. The summed E-state index contributed by atoms with van der Waals surface area (Å²) in [5.41, 5.74) is -0.474. The van der Waals surface area contributed by atoms with Gasteiger partial charge in [-0.25, -0.2) is 9.59 Å². The molecule has 6 heteroatoms. The number of ether oxygens (including phenoxy) is 1. The third-order valence-electron chi connectivity index (χ3n) is 2.58. The molecule has 0 saturated carbocycles. The van der Waals surface area contributed by atoms with Crippen molar-refractivity contribution in [2.75, 3.05) is 33.2 Å². The predicted molar refractivity (Wildman–Crippen MR) is 68.5 cm³/mol. The van der Waals surface area contributed by atoms with E-state index in [1.54, 1.807) is 16.8 Å². The topological polar surface area (TPSA) is 61.9 Å². The number of carbonyl (C=O) groups is 2. The van der Waals surface area contributed by atoms with E-state index in [-0.39, 0.29) is 6.03 Å². The minimum Gasteiger partial charge on any atom is -0.444 e. The van der Waals surface area contributed by atoms with Gasteiger partial charge < -0.3 is 19.9 Å². The highest BCUT2D eigenvalue weighted by Gasteiger charge is 2.24. The molecular formula is C12H23N3O3. The molecule has 0 aromatic rings. The van der Waals surface area contributed by atoms with Crippen LogP contribution in [0.25, 0.3) is 0 Å². The lowest BCUT2D eigenvalue weighted by atomic mass is 10.2. The Balaban J connectivity index is 2.12. The number of likely N-dealkylation sites (N-methyl/N-ethyl adjacent to an activating group) is 1. The first-order valence-corrected chi connectivity index (χ1v) is 6.26. The molecule has 6 nitrogen and oxygen atoms in total. The van der Waals surface area contributed by atoms with Gasteiger partial charge in [-0.3, -0.25) is 0 Å². The molecule has 104 valence electrons. The monoisotopic (exact) mass is 257 g/mol. The molecule has 0 aromatic carbocycles. The second-order valence-electron chi connectivity index (χ2n) is 5.47. The molecule has 1 aliphatic rings. The van der Waals surface area contributed by atoms with Crippen molar-refractivity contribution in [3.8, 4) is 0 Å². The summed E-state index contributed by atoms with van der Waals surface area (Å²) >= 11 is 0. The fourth-order valence-corrected chi connectivity index (χ4v) is 1.69. The van der Waals surface area contributed by atoms with Crippen LogP contribution in [-0.4, -0.2) is 60.8 Å². The first-order valence-electron chi connectivity index (χ1n) is 6.26. The van der Waals surface area contributed by atoms with Gasteiger partial charge in [-0.1, -0.05) is 0 Å². The Morgan fingerprint density at radius 1 is 1.39 bits per heavy atom. The van der Waals surface area contributed by atoms with Crippen LogP contribution in [0.4, 0.5) is 9.59 Å². The molecule has 0 radical (unpaired) electrons. The number of rotatable bonds is 4. The van der Waals surface area contributed by atoms with E-state index in [4.69, 9.17) is 4.74 Å². The molecule has 1 fully saturated rings. The van der Waals surface area contributed by atoms with E-state index in [0.29, 0.717) is 13.1 Å². The number of nitrogens with one attached hydrogen (secondary N) is 1. The van der Waals surface area contributed by atoms with Crippen molar-refractivity contribution in [2.45, 2.75) is 32.8 Å². The summed E-state index contributed by atoms with van der Waals surface area (Å²) in [5, 5.41) is 2.68. The second kappa shape index (κ2) is 5.93. The summed E-state index contributed by atoms with van der Waals surface area (Å²) in [4.78, 5) is 26.4. The van der Waals surface area contributed by atoms with Gasteiger partial charge in [0.05, 0.1) is 0 Å². The van der Waals surface area contributed by atoms with E-state index in [1.165, 1.54) is 0 Å². The Labute approximate surface area is 108 Å². The zero-order chi connectivity index (χ0) is 13.8. The number of nitrogens with zero attached hydrogens (tertiary/aromatic N) is 2. The largest absolute Gasteiger partial charge is 0.444 e. The molecule has 1 rings (SSSR count). The molecule has 18 heavy (non-hydrogen) atoms. The highest BCUT2D eigenvalue weighted by molar-refractivity contribution is 5.76. The van der Waals surface area contributed by atoms with Crippen LogP contribution in [0.15, 0.2) is 0 Å². The predicted octanol–water partition coefficient (Wildman–Crippen LogP) is 1.27. The van der Waals surface area contributed by atoms with Crippen molar-refractivity contribution in [3.05, 3.63) is 0 Å². The van der Waals surface area contributed by atoms with Gasteiger partial charge in [0.25, 0.3) is 0 Å². The van der Waals surface area contributed by atoms with Crippen LogP contribution >= 0.6 is 0 Å². The second-order valence-corrected chi connectivity index (χ2v) is 5.47. The van der Waals surface area contributed by atoms with Crippen molar-refractivity contribution < 1.29 is 14.3 Å². The highest BCUT2D eigenvalue weighted by Crippen LogP contribution is 2.07. The first-order chi connectivity index (χ1) is 8.29. The minimum atomic E-state index is -0.474. The Morgan fingerprint density at radius 3 is 2.56 bits per heavy atom. The van der Waals surface area contributed by atoms with Crippen LogP contribution in [-0.2, 0) is 4.74 Å². The number of alkyl carbamates (subject to hydrolysis) is 1. The SMILES string of the molecule is CN1CCN(CCCNC(=O)OC(C)(C)C)C1=O. The quantitative estimate of drug-likeness (QED) is 0.771. The highest BCUT2D eigenvalue weighted by atomic mass is 16.6. The van der Waals surface area contributed by atoms with Gasteiger partial charge in [0.2, 0.25) is 0 Å². The van der Waals surface area contributed by atoms with E-state index in [2.05, 4.69) is 5.32 Å². The fraction of sp³-hybridized carbons (Fsp3) is 0.833. The molecule has 0 aliphatic carbocycles. The molecule has 0 spiro atoms. The smallest absolute Gasteiger partial charge is 0.407 e. The molecular weight excluding hydrogens is 234 g/mol. The number of amides is 3. The van der Waals surface area contributed by atoms with Crippen molar-refractivity contribution in [2.24, 2.45) is 0 Å². The lowest BCUT2D eigenvalue weighted by Gasteiger charge is -2.20. The summed E-state index contributed by atoms with van der Waals surface area (Å²) < 4.78 is 5.11.